The average Bonchev–Trinajstić information content (AvgIpc) is 3.48. The van der Waals surface area contributed by atoms with Gasteiger partial charge in [0.05, 0.1) is 29.9 Å². The highest BCUT2D eigenvalue weighted by Crippen LogP contribution is 2.32. The van der Waals surface area contributed by atoms with Gasteiger partial charge in [-0.25, -0.2) is 14.0 Å². The number of rotatable bonds is 5. The highest BCUT2D eigenvalue weighted by Gasteiger charge is 2.43. The van der Waals surface area contributed by atoms with Gasteiger partial charge in [0.1, 0.15) is 6.04 Å². The van der Waals surface area contributed by atoms with Crippen molar-refractivity contribution in [3.05, 3.63) is 54.5 Å². The lowest BCUT2D eigenvalue weighted by atomic mass is 10.1. The first-order chi connectivity index (χ1) is 18.4. The molecule has 39 heavy (non-hydrogen) atoms. The molecule has 0 bridgehead atoms. The SMILES string of the molecule is COC(=O)[C@H]1C[C@@H](C(=O)Nc2cccc(OC(F)(F)F)c2F)N(C(=O)Nc2cn(C(N)=O)c3ccccc23)C1. The Morgan fingerprint density at radius 1 is 1.03 bits per heavy atom. The molecule has 11 nitrogen and oxygen atoms in total. The maximum Gasteiger partial charge on any atom is 0.573 e. The third-order valence-corrected chi connectivity index (χ3v) is 6.04. The predicted octanol–water partition coefficient (Wildman–Crippen LogP) is 3.64. The van der Waals surface area contributed by atoms with Crippen molar-refractivity contribution in [1.29, 1.82) is 0 Å². The van der Waals surface area contributed by atoms with Crippen molar-refractivity contribution in [1.82, 2.24) is 9.47 Å². The summed E-state index contributed by atoms with van der Waals surface area (Å²) in [4.78, 5) is 51.4. The van der Waals surface area contributed by atoms with E-state index in [9.17, 15) is 36.7 Å². The van der Waals surface area contributed by atoms with Gasteiger partial charge >= 0.3 is 24.4 Å². The Balaban J connectivity index is 1.60. The number of fused-ring (bicyclic) bond motifs is 1. The number of anilines is 2. The fourth-order valence-corrected chi connectivity index (χ4v) is 4.32. The van der Waals surface area contributed by atoms with Crippen molar-refractivity contribution in [2.75, 3.05) is 24.3 Å². The predicted molar refractivity (Wildman–Crippen MR) is 128 cm³/mol. The quantitative estimate of drug-likeness (QED) is 0.326. The zero-order valence-corrected chi connectivity index (χ0v) is 20.1. The van der Waals surface area contributed by atoms with Crippen molar-refractivity contribution in [3.8, 4) is 5.75 Å². The number of hydrogen-bond donors (Lipinski definition) is 3. The number of ether oxygens (including phenoxy) is 2. The van der Waals surface area contributed by atoms with E-state index in [-0.39, 0.29) is 18.7 Å². The number of nitrogens with one attached hydrogen (secondary N) is 2. The molecule has 3 aromatic rings. The average molecular weight is 551 g/mol. The second kappa shape index (κ2) is 10.5. The second-order valence-corrected chi connectivity index (χ2v) is 8.48. The van der Waals surface area contributed by atoms with Gasteiger partial charge in [-0.1, -0.05) is 24.3 Å². The van der Waals surface area contributed by atoms with Crippen LogP contribution >= 0.6 is 0 Å². The van der Waals surface area contributed by atoms with E-state index in [1.807, 2.05) is 0 Å². The molecule has 2 heterocycles. The van der Waals surface area contributed by atoms with Gasteiger partial charge in [0.2, 0.25) is 5.91 Å². The summed E-state index contributed by atoms with van der Waals surface area (Å²) in [6, 6.07) is 6.30. The van der Waals surface area contributed by atoms with E-state index in [0.717, 1.165) is 34.8 Å². The van der Waals surface area contributed by atoms with Crippen LogP contribution in [0.4, 0.5) is 38.5 Å². The number of carbonyl (C=O) groups excluding carboxylic acids is 4. The number of nitrogens with two attached hydrogens (primary N) is 1. The Morgan fingerprint density at radius 2 is 1.74 bits per heavy atom. The van der Waals surface area contributed by atoms with E-state index < -0.39 is 59.5 Å². The van der Waals surface area contributed by atoms with Crippen LogP contribution in [0.5, 0.6) is 5.75 Å². The molecule has 1 fully saturated rings. The molecule has 4 rings (SSSR count). The number of likely N-dealkylation sites (tertiary alicyclic amines) is 1. The number of amides is 4. The van der Waals surface area contributed by atoms with Gasteiger partial charge in [-0.15, -0.1) is 13.2 Å². The number of urea groups is 1. The van der Waals surface area contributed by atoms with E-state index in [2.05, 4.69) is 15.4 Å². The van der Waals surface area contributed by atoms with Crippen molar-refractivity contribution < 1.29 is 46.2 Å². The molecule has 2 aromatic carbocycles. The lowest BCUT2D eigenvalue weighted by molar-refractivity contribution is -0.275. The number of halogens is 4. The molecule has 1 saturated heterocycles. The molecule has 0 radical (unpaired) electrons. The number of alkyl halides is 3. The summed E-state index contributed by atoms with van der Waals surface area (Å²) >= 11 is 0. The van der Waals surface area contributed by atoms with Crippen molar-refractivity contribution >= 4 is 46.2 Å². The molecular weight excluding hydrogens is 530 g/mol. The number of benzene rings is 2. The number of hydrogen-bond acceptors (Lipinski definition) is 6. The maximum atomic E-state index is 14.6. The molecule has 1 aliphatic rings. The van der Waals surface area contributed by atoms with E-state index >= 15 is 0 Å². The topological polar surface area (TPSA) is 145 Å². The van der Waals surface area contributed by atoms with Crippen LogP contribution in [0.25, 0.3) is 10.9 Å². The zero-order chi connectivity index (χ0) is 28.5. The Labute approximate surface area is 217 Å². The van der Waals surface area contributed by atoms with E-state index in [4.69, 9.17) is 10.5 Å². The lowest BCUT2D eigenvalue weighted by Crippen LogP contribution is -2.45. The Bertz CT molecular complexity index is 1460. The number of primary amides is 1. The van der Waals surface area contributed by atoms with Crippen molar-refractivity contribution in [2.45, 2.75) is 18.8 Å². The summed E-state index contributed by atoms with van der Waals surface area (Å²) in [6.45, 7) is -0.259. The molecular formula is C24H21F4N5O6. The fourth-order valence-electron chi connectivity index (χ4n) is 4.32. The maximum absolute atomic E-state index is 14.6. The Kier molecular flexibility index (Phi) is 7.34. The highest BCUT2D eigenvalue weighted by molar-refractivity contribution is 6.06. The summed E-state index contributed by atoms with van der Waals surface area (Å²) in [5, 5.41) is 5.19. The Morgan fingerprint density at radius 3 is 2.41 bits per heavy atom. The molecule has 4 N–H and O–H groups in total. The molecule has 0 aliphatic carbocycles. The number of esters is 1. The minimum Gasteiger partial charge on any atom is -0.469 e. The van der Waals surface area contributed by atoms with Crippen LogP contribution in [-0.4, -0.2) is 59.5 Å². The second-order valence-electron chi connectivity index (χ2n) is 8.48. The summed E-state index contributed by atoms with van der Waals surface area (Å²) in [6.07, 6.45) is -4.10. The number of nitrogens with zero attached hydrogens (tertiary/aromatic N) is 2. The molecule has 15 heteroatoms. The molecule has 0 saturated carbocycles. The van der Waals surface area contributed by atoms with Gasteiger partial charge in [0.15, 0.2) is 11.6 Å². The highest BCUT2D eigenvalue weighted by atomic mass is 19.4. The number of para-hydroxylation sites is 1. The van der Waals surface area contributed by atoms with E-state index in [1.54, 1.807) is 24.3 Å². The third kappa shape index (κ3) is 5.71. The first-order valence-corrected chi connectivity index (χ1v) is 11.3. The first-order valence-electron chi connectivity index (χ1n) is 11.3. The number of carbonyl (C=O) groups is 4. The van der Waals surface area contributed by atoms with Crippen molar-refractivity contribution in [2.24, 2.45) is 11.7 Å². The molecule has 2 atom stereocenters. The van der Waals surface area contributed by atoms with Crippen LogP contribution < -0.4 is 21.1 Å². The van der Waals surface area contributed by atoms with Crippen LogP contribution in [0.2, 0.25) is 0 Å². The fraction of sp³-hybridized carbons (Fsp3) is 0.250. The molecule has 1 aliphatic heterocycles. The Hall–Kier alpha value is -4.82. The molecule has 0 unspecified atom stereocenters. The van der Waals surface area contributed by atoms with Gasteiger partial charge in [0.25, 0.3) is 0 Å². The van der Waals surface area contributed by atoms with Gasteiger partial charge in [-0.2, -0.15) is 0 Å². The van der Waals surface area contributed by atoms with Crippen LogP contribution in [0, 0.1) is 11.7 Å². The largest absolute Gasteiger partial charge is 0.573 e. The molecule has 0 spiro atoms. The monoisotopic (exact) mass is 551 g/mol. The van der Waals surface area contributed by atoms with Gasteiger partial charge in [-0.05, 0) is 24.6 Å². The standard InChI is InChI=1S/C24H21F4N5O6/c1-38-21(35)12-9-17(20(34)30-14-6-4-8-18(19(14)25)39-24(26,27)28)33(10-12)23(37)31-15-11-32(22(29)36)16-7-3-2-5-13(15)16/h2-8,11-12,17H,9-10H2,1H3,(H2,29,36)(H,30,34)(H,31,37)/t12-,17-/m0/s1. The smallest absolute Gasteiger partial charge is 0.469 e. The third-order valence-electron chi connectivity index (χ3n) is 6.04. The van der Waals surface area contributed by atoms with Gasteiger partial charge < -0.3 is 30.7 Å². The van der Waals surface area contributed by atoms with Crippen LogP contribution in [0.3, 0.4) is 0 Å². The number of methoxy groups -OCH3 is 1. The van der Waals surface area contributed by atoms with Crippen LogP contribution in [0.1, 0.15) is 6.42 Å². The summed E-state index contributed by atoms with van der Waals surface area (Å²) in [5.41, 5.74) is 5.35. The number of aromatic nitrogens is 1. The minimum absolute atomic E-state index is 0.179. The molecule has 1 aromatic heterocycles. The van der Waals surface area contributed by atoms with Gasteiger partial charge in [0, 0.05) is 18.1 Å². The minimum atomic E-state index is -5.17. The van der Waals surface area contributed by atoms with E-state index in [1.165, 1.54) is 6.20 Å². The van der Waals surface area contributed by atoms with Gasteiger partial charge in [-0.3, -0.25) is 14.2 Å². The van der Waals surface area contributed by atoms with Crippen LogP contribution in [-0.2, 0) is 14.3 Å². The summed E-state index contributed by atoms with van der Waals surface area (Å²) < 4.78 is 61.8. The lowest BCUT2D eigenvalue weighted by Gasteiger charge is -2.24. The molecule has 4 amide bonds. The summed E-state index contributed by atoms with van der Waals surface area (Å²) in [7, 11) is 1.13. The van der Waals surface area contributed by atoms with Crippen LogP contribution in [0.15, 0.2) is 48.7 Å². The van der Waals surface area contributed by atoms with Crippen molar-refractivity contribution in [3.63, 3.8) is 0 Å². The zero-order valence-electron chi connectivity index (χ0n) is 20.1. The van der Waals surface area contributed by atoms with E-state index in [0.29, 0.717) is 10.9 Å². The molecule has 206 valence electrons. The first kappa shape index (κ1) is 27.2. The normalized spacial score (nSPS) is 17.1. The summed E-state index contributed by atoms with van der Waals surface area (Å²) in [5.74, 6) is -5.26.